The number of nitrogens with zero attached hydrogens (tertiary/aromatic N) is 2. The SMILES string of the molecule is CN1NC(c2ccc(Br)cc2)=NCC1=O. The maximum Gasteiger partial charge on any atom is 0.262 e. The highest BCUT2D eigenvalue weighted by Gasteiger charge is 2.16. The van der Waals surface area contributed by atoms with Crippen molar-refractivity contribution < 1.29 is 4.79 Å². The molecular weight excluding hydrogens is 258 g/mol. The van der Waals surface area contributed by atoms with Crippen molar-refractivity contribution in [3.05, 3.63) is 34.3 Å². The van der Waals surface area contributed by atoms with E-state index in [0.29, 0.717) is 0 Å². The zero-order valence-electron chi connectivity index (χ0n) is 8.20. The molecule has 2 rings (SSSR count). The number of rotatable bonds is 1. The van der Waals surface area contributed by atoms with Gasteiger partial charge in [-0.2, -0.15) is 0 Å². The first kappa shape index (κ1) is 10.2. The Kier molecular flexibility index (Phi) is 2.73. The number of halogens is 1. The van der Waals surface area contributed by atoms with Crippen molar-refractivity contribution in [1.82, 2.24) is 10.4 Å². The number of aliphatic imine (C=N–C) groups is 1. The topological polar surface area (TPSA) is 44.7 Å². The number of amidine groups is 1. The highest BCUT2D eigenvalue weighted by atomic mass is 79.9. The Morgan fingerprint density at radius 2 is 2.07 bits per heavy atom. The third-order valence-corrected chi connectivity index (χ3v) is 2.67. The largest absolute Gasteiger partial charge is 0.279 e. The van der Waals surface area contributed by atoms with E-state index in [1.807, 2.05) is 24.3 Å². The number of benzene rings is 1. The summed E-state index contributed by atoms with van der Waals surface area (Å²) in [4.78, 5) is 15.3. The van der Waals surface area contributed by atoms with Gasteiger partial charge in [0.2, 0.25) is 0 Å². The number of nitrogens with one attached hydrogen (secondary N) is 1. The fourth-order valence-electron chi connectivity index (χ4n) is 1.27. The zero-order valence-corrected chi connectivity index (χ0v) is 9.78. The molecule has 1 amide bonds. The lowest BCUT2D eigenvalue weighted by molar-refractivity contribution is -0.130. The third kappa shape index (κ3) is 2.18. The van der Waals surface area contributed by atoms with E-state index in [1.165, 1.54) is 5.01 Å². The summed E-state index contributed by atoms with van der Waals surface area (Å²) in [5.74, 6) is 0.695. The molecule has 0 aliphatic carbocycles. The van der Waals surface area contributed by atoms with E-state index >= 15 is 0 Å². The van der Waals surface area contributed by atoms with Gasteiger partial charge in [0, 0.05) is 17.1 Å². The second-order valence-electron chi connectivity index (χ2n) is 3.24. The number of likely N-dealkylation sites (N-methyl/N-ethyl adjacent to an activating group) is 1. The average Bonchev–Trinajstić information content (AvgIpc) is 2.23. The molecule has 15 heavy (non-hydrogen) atoms. The van der Waals surface area contributed by atoms with Gasteiger partial charge in [0.25, 0.3) is 5.91 Å². The van der Waals surface area contributed by atoms with Gasteiger partial charge in [-0.05, 0) is 12.1 Å². The third-order valence-electron chi connectivity index (χ3n) is 2.14. The first-order chi connectivity index (χ1) is 7.16. The summed E-state index contributed by atoms with van der Waals surface area (Å²) < 4.78 is 1.02. The number of carbonyl (C=O) groups is 1. The van der Waals surface area contributed by atoms with E-state index in [2.05, 4.69) is 26.3 Å². The van der Waals surface area contributed by atoms with Crippen LogP contribution in [0.1, 0.15) is 5.56 Å². The Balaban J connectivity index is 2.25. The Morgan fingerprint density at radius 1 is 1.40 bits per heavy atom. The number of carbonyl (C=O) groups excluding carboxylic acids is 1. The van der Waals surface area contributed by atoms with Crippen LogP contribution in [0, 0.1) is 0 Å². The molecule has 0 fully saturated rings. The minimum absolute atomic E-state index is 0.0316. The molecule has 4 nitrogen and oxygen atoms in total. The molecule has 0 bridgehead atoms. The minimum atomic E-state index is -0.0316. The lowest BCUT2D eigenvalue weighted by Crippen LogP contribution is -2.48. The van der Waals surface area contributed by atoms with Crippen molar-refractivity contribution in [2.75, 3.05) is 13.6 Å². The Morgan fingerprint density at radius 3 is 2.67 bits per heavy atom. The lowest BCUT2D eigenvalue weighted by atomic mass is 10.2. The fourth-order valence-corrected chi connectivity index (χ4v) is 1.54. The molecule has 1 aromatic rings. The summed E-state index contributed by atoms with van der Waals surface area (Å²) in [6.07, 6.45) is 0. The molecule has 0 unspecified atom stereocenters. The van der Waals surface area contributed by atoms with Gasteiger partial charge in [-0.1, -0.05) is 28.1 Å². The van der Waals surface area contributed by atoms with Gasteiger partial charge in [-0.3, -0.25) is 20.2 Å². The molecule has 0 saturated heterocycles. The first-order valence-corrected chi connectivity index (χ1v) is 5.30. The number of hydrazine groups is 1. The van der Waals surface area contributed by atoms with Gasteiger partial charge in [-0.25, -0.2) is 0 Å². The first-order valence-electron chi connectivity index (χ1n) is 4.50. The molecule has 0 spiro atoms. The zero-order chi connectivity index (χ0) is 10.8. The summed E-state index contributed by atoms with van der Waals surface area (Å²) >= 11 is 3.37. The number of amides is 1. The van der Waals surface area contributed by atoms with Crippen LogP contribution >= 0.6 is 15.9 Å². The highest BCUT2D eigenvalue weighted by molar-refractivity contribution is 9.10. The van der Waals surface area contributed by atoms with E-state index in [1.54, 1.807) is 7.05 Å². The maximum absolute atomic E-state index is 11.2. The van der Waals surface area contributed by atoms with Crippen LogP contribution in [-0.4, -0.2) is 30.3 Å². The highest BCUT2D eigenvalue weighted by Crippen LogP contribution is 2.11. The lowest BCUT2D eigenvalue weighted by Gasteiger charge is -2.24. The molecule has 1 N–H and O–H groups in total. The molecule has 1 aliphatic heterocycles. The van der Waals surface area contributed by atoms with Gasteiger partial charge in [0.1, 0.15) is 12.4 Å². The number of hydrogen-bond acceptors (Lipinski definition) is 3. The van der Waals surface area contributed by atoms with Crippen molar-refractivity contribution in [1.29, 1.82) is 0 Å². The van der Waals surface area contributed by atoms with Crippen molar-refractivity contribution in [2.24, 2.45) is 4.99 Å². The fraction of sp³-hybridized carbons (Fsp3) is 0.200. The van der Waals surface area contributed by atoms with E-state index < -0.39 is 0 Å². The molecule has 0 saturated carbocycles. The molecular formula is C10H10BrN3O. The Labute approximate surface area is 96.1 Å². The van der Waals surface area contributed by atoms with Gasteiger partial charge < -0.3 is 0 Å². The van der Waals surface area contributed by atoms with Gasteiger partial charge in [-0.15, -0.1) is 0 Å². The number of hydrogen-bond donors (Lipinski definition) is 1. The van der Waals surface area contributed by atoms with Crippen LogP contribution in [-0.2, 0) is 4.79 Å². The van der Waals surface area contributed by atoms with Crippen LogP contribution in [0.4, 0.5) is 0 Å². The Hall–Kier alpha value is -1.36. The van der Waals surface area contributed by atoms with E-state index in [4.69, 9.17) is 0 Å². The average molecular weight is 268 g/mol. The van der Waals surface area contributed by atoms with Crippen molar-refractivity contribution in [2.45, 2.75) is 0 Å². The maximum atomic E-state index is 11.2. The van der Waals surface area contributed by atoms with Crippen LogP contribution in [0.2, 0.25) is 0 Å². The predicted molar refractivity (Wildman–Crippen MR) is 61.5 cm³/mol. The summed E-state index contributed by atoms with van der Waals surface area (Å²) in [6.45, 7) is 0.203. The molecule has 0 atom stereocenters. The van der Waals surface area contributed by atoms with Crippen LogP contribution in [0.3, 0.4) is 0 Å². The van der Waals surface area contributed by atoms with Gasteiger partial charge in [0.05, 0.1) is 0 Å². The summed E-state index contributed by atoms with van der Waals surface area (Å²) in [7, 11) is 1.69. The Bertz CT molecular complexity index is 413. The smallest absolute Gasteiger partial charge is 0.262 e. The van der Waals surface area contributed by atoms with E-state index in [-0.39, 0.29) is 12.5 Å². The van der Waals surface area contributed by atoms with Crippen molar-refractivity contribution in [3.8, 4) is 0 Å². The second kappa shape index (κ2) is 4.02. The molecule has 1 aliphatic rings. The molecule has 5 heteroatoms. The normalized spacial score (nSPS) is 16.0. The summed E-state index contributed by atoms with van der Waals surface area (Å²) in [5, 5.41) is 1.45. The quantitative estimate of drug-likeness (QED) is 0.831. The van der Waals surface area contributed by atoms with E-state index in [9.17, 15) is 4.79 Å². The van der Waals surface area contributed by atoms with Crippen molar-refractivity contribution >= 4 is 27.7 Å². The molecule has 78 valence electrons. The van der Waals surface area contributed by atoms with Crippen LogP contribution in [0.5, 0.6) is 0 Å². The van der Waals surface area contributed by atoms with Crippen molar-refractivity contribution in [3.63, 3.8) is 0 Å². The predicted octanol–water partition coefficient (Wildman–Crippen LogP) is 1.17. The summed E-state index contributed by atoms with van der Waals surface area (Å²) in [6, 6.07) is 7.77. The monoisotopic (exact) mass is 267 g/mol. The van der Waals surface area contributed by atoms with Crippen LogP contribution in [0.25, 0.3) is 0 Å². The molecule has 1 aromatic carbocycles. The van der Waals surface area contributed by atoms with Gasteiger partial charge in [0.15, 0.2) is 0 Å². The van der Waals surface area contributed by atoms with Crippen LogP contribution < -0.4 is 5.43 Å². The molecule has 0 aromatic heterocycles. The van der Waals surface area contributed by atoms with Gasteiger partial charge >= 0.3 is 0 Å². The summed E-state index contributed by atoms with van der Waals surface area (Å²) in [5.41, 5.74) is 3.89. The van der Waals surface area contributed by atoms with E-state index in [0.717, 1.165) is 15.9 Å². The second-order valence-corrected chi connectivity index (χ2v) is 4.15. The van der Waals surface area contributed by atoms with Crippen LogP contribution in [0.15, 0.2) is 33.7 Å². The molecule has 0 radical (unpaired) electrons. The standard InChI is InChI=1S/C10H10BrN3O/c1-14-9(15)6-12-10(13-14)7-2-4-8(11)5-3-7/h2-5H,6H2,1H3,(H,12,13). The molecule has 1 heterocycles. The minimum Gasteiger partial charge on any atom is -0.279 e.